The number of ether oxygens (including phenoxy) is 1. The van der Waals surface area contributed by atoms with E-state index in [4.69, 9.17) is 16.3 Å². The molecular weight excluding hydrogens is 312 g/mol. The van der Waals surface area contributed by atoms with E-state index in [2.05, 4.69) is 0 Å². The molecule has 0 heterocycles. The Labute approximate surface area is 140 Å². The fourth-order valence-electron chi connectivity index (χ4n) is 2.67. The number of carbonyl (C=O) groups excluding carboxylic acids is 2. The lowest BCUT2D eigenvalue weighted by Gasteiger charge is -2.08. The molecule has 23 heavy (non-hydrogen) atoms. The minimum absolute atomic E-state index is 0.104. The highest BCUT2D eigenvalue weighted by Gasteiger charge is 2.63. The average Bonchev–Trinajstić information content (AvgIpc) is 3.29. The lowest BCUT2D eigenvalue weighted by molar-refractivity contribution is -0.143. The Morgan fingerprint density at radius 3 is 2.30 bits per heavy atom. The quantitative estimate of drug-likeness (QED) is 0.471. The van der Waals surface area contributed by atoms with E-state index in [1.807, 2.05) is 42.5 Å². The van der Waals surface area contributed by atoms with Crippen LogP contribution in [0.2, 0.25) is 0 Å². The summed E-state index contributed by atoms with van der Waals surface area (Å²) in [7, 11) is 0. The van der Waals surface area contributed by atoms with Gasteiger partial charge in [0.2, 0.25) is 0 Å². The Morgan fingerprint density at radius 2 is 1.70 bits per heavy atom. The van der Waals surface area contributed by atoms with Crippen molar-refractivity contribution in [1.29, 1.82) is 0 Å². The first kappa shape index (κ1) is 15.8. The smallest absolute Gasteiger partial charge is 0.327 e. The first-order valence-corrected chi connectivity index (χ1v) is 8.00. The zero-order chi connectivity index (χ0) is 16.4. The van der Waals surface area contributed by atoms with Crippen molar-refractivity contribution in [2.45, 2.75) is 18.2 Å². The molecule has 2 aromatic rings. The van der Waals surface area contributed by atoms with Crippen LogP contribution in [0.4, 0.5) is 0 Å². The van der Waals surface area contributed by atoms with Crippen molar-refractivity contribution in [2.75, 3.05) is 6.61 Å². The van der Waals surface area contributed by atoms with Gasteiger partial charge in [-0.15, -0.1) is 11.6 Å². The van der Waals surface area contributed by atoms with Gasteiger partial charge >= 0.3 is 5.97 Å². The molecule has 1 fully saturated rings. The van der Waals surface area contributed by atoms with Crippen molar-refractivity contribution in [1.82, 2.24) is 0 Å². The number of carbonyl (C=O) groups is 2. The van der Waals surface area contributed by atoms with E-state index in [9.17, 15) is 9.59 Å². The van der Waals surface area contributed by atoms with E-state index >= 15 is 0 Å². The van der Waals surface area contributed by atoms with Crippen LogP contribution in [0.5, 0.6) is 0 Å². The highest BCUT2D eigenvalue weighted by Crippen LogP contribution is 2.52. The molecule has 0 bridgehead atoms. The van der Waals surface area contributed by atoms with Gasteiger partial charge in [0.25, 0.3) is 0 Å². The minimum Gasteiger partial charge on any atom is -0.465 e. The molecule has 2 atom stereocenters. The van der Waals surface area contributed by atoms with Gasteiger partial charge in [-0.05, 0) is 24.5 Å². The van der Waals surface area contributed by atoms with Crippen molar-refractivity contribution in [2.24, 2.45) is 5.92 Å². The third-order valence-electron chi connectivity index (χ3n) is 4.10. The summed E-state index contributed by atoms with van der Waals surface area (Å²) in [5.41, 5.74) is 2.71. The highest BCUT2D eigenvalue weighted by atomic mass is 35.5. The minimum atomic E-state index is -1.18. The summed E-state index contributed by atoms with van der Waals surface area (Å²) < 4.78 is 4.94. The van der Waals surface area contributed by atoms with E-state index in [0.717, 1.165) is 11.1 Å². The molecule has 4 heteroatoms. The van der Waals surface area contributed by atoms with Gasteiger partial charge in [0, 0.05) is 5.56 Å². The van der Waals surface area contributed by atoms with Crippen LogP contribution >= 0.6 is 11.6 Å². The second-order valence-corrected chi connectivity index (χ2v) is 6.32. The van der Waals surface area contributed by atoms with Gasteiger partial charge in [-0.2, -0.15) is 0 Å². The zero-order valence-corrected chi connectivity index (χ0v) is 13.5. The molecule has 1 aliphatic carbocycles. The predicted molar refractivity (Wildman–Crippen MR) is 89.5 cm³/mol. The maximum absolute atomic E-state index is 12.5. The number of halogens is 1. The van der Waals surface area contributed by atoms with Gasteiger partial charge in [-0.25, -0.2) is 0 Å². The first-order chi connectivity index (χ1) is 11.1. The number of hydrogen-bond acceptors (Lipinski definition) is 3. The summed E-state index contributed by atoms with van der Waals surface area (Å²) in [4.78, 5) is 23.1. The molecule has 0 unspecified atom stereocenters. The van der Waals surface area contributed by atoms with Crippen molar-refractivity contribution >= 4 is 23.4 Å². The summed E-state index contributed by atoms with van der Waals surface area (Å²) in [5, 5.41) is 0. The van der Waals surface area contributed by atoms with Crippen LogP contribution in [-0.2, 0) is 9.53 Å². The van der Waals surface area contributed by atoms with E-state index in [1.165, 1.54) is 0 Å². The standard InChI is InChI=1S/C19H17ClO3/c1-2-23-18(22)19(20)12-16(19)17(21)15-10-8-14(9-11-15)13-6-4-3-5-7-13/h3-11,16H,2,12H2,1H3/t16-,19-/m0/s1. The average molecular weight is 329 g/mol. The molecule has 1 aliphatic rings. The Balaban J connectivity index is 1.74. The lowest BCUT2D eigenvalue weighted by Crippen LogP contribution is -2.24. The van der Waals surface area contributed by atoms with Crippen molar-refractivity contribution in [3.8, 4) is 11.1 Å². The van der Waals surface area contributed by atoms with Gasteiger partial charge in [0.05, 0.1) is 12.5 Å². The number of hydrogen-bond donors (Lipinski definition) is 0. The van der Waals surface area contributed by atoms with Gasteiger partial charge in [0.1, 0.15) is 0 Å². The molecule has 0 amide bonds. The highest BCUT2D eigenvalue weighted by molar-refractivity contribution is 6.39. The summed E-state index contributed by atoms with van der Waals surface area (Å²) in [6.07, 6.45) is 0.340. The van der Waals surface area contributed by atoms with Gasteiger partial charge < -0.3 is 4.74 Å². The topological polar surface area (TPSA) is 43.4 Å². The van der Waals surface area contributed by atoms with E-state index < -0.39 is 16.8 Å². The number of alkyl halides is 1. The summed E-state index contributed by atoms with van der Waals surface area (Å²) in [5.74, 6) is -1.10. The van der Waals surface area contributed by atoms with Crippen molar-refractivity contribution in [3.63, 3.8) is 0 Å². The van der Waals surface area contributed by atoms with Gasteiger partial charge in [-0.3, -0.25) is 9.59 Å². The maximum atomic E-state index is 12.5. The molecule has 2 aromatic carbocycles. The summed E-state index contributed by atoms with van der Waals surface area (Å²) in [6.45, 7) is 1.99. The molecule has 118 valence electrons. The van der Waals surface area contributed by atoms with E-state index in [1.54, 1.807) is 19.1 Å². The molecule has 0 N–H and O–H groups in total. The third kappa shape index (κ3) is 3.02. The van der Waals surface area contributed by atoms with Crippen LogP contribution in [0.15, 0.2) is 54.6 Å². The largest absolute Gasteiger partial charge is 0.465 e. The molecule has 0 aliphatic heterocycles. The van der Waals surface area contributed by atoms with E-state index in [0.29, 0.717) is 12.0 Å². The maximum Gasteiger partial charge on any atom is 0.327 e. The molecule has 3 rings (SSSR count). The number of esters is 1. The Bertz CT molecular complexity index is 724. The lowest BCUT2D eigenvalue weighted by atomic mass is 10.0. The molecule has 0 spiro atoms. The molecular formula is C19H17ClO3. The second-order valence-electron chi connectivity index (χ2n) is 5.65. The molecule has 0 saturated heterocycles. The van der Waals surface area contributed by atoms with Gasteiger partial charge in [0.15, 0.2) is 10.7 Å². The van der Waals surface area contributed by atoms with Crippen molar-refractivity contribution < 1.29 is 14.3 Å². The van der Waals surface area contributed by atoms with E-state index in [-0.39, 0.29) is 12.4 Å². The summed E-state index contributed by atoms with van der Waals surface area (Å²) >= 11 is 6.22. The van der Waals surface area contributed by atoms with Crippen LogP contribution < -0.4 is 0 Å². The van der Waals surface area contributed by atoms with Gasteiger partial charge in [-0.1, -0.05) is 54.6 Å². The fraction of sp³-hybridized carbons (Fsp3) is 0.263. The number of rotatable bonds is 5. The Kier molecular flexibility index (Phi) is 4.22. The first-order valence-electron chi connectivity index (χ1n) is 7.62. The predicted octanol–water partition coefficient (Wildman–Crippen LogP) is 4.10. The third-order valence-corrected chi connectivity index (χ3v) is 4.67. The SMILES string of the molecule is CCOC(=O)[C@]1(Cl)C[C@H]1C(=O)c1ccc(-c2ccccc2)cc1. The molecule has 1 saturated carbocycles. The second kappa shape index (κ2) is 6.17. The summed E-state index contributed by atoms with van der Waals surface area (Å²) in [6, 6.07) is 17.3. The number of benzene rings is 2. The van der Waals surface area contributed by atoms with Crippen LogP contribution in [0.25, 0.3) is 11.1 Å². The van der Waals surface area contributed by atoms with Crippen LogP contribution in [-0.4, -0.2) is 23.2 Å². The fourth-order valence-corrected chi connectivity index (χ4v) is 2.98. The molecule has 0 aromatic heterocycles. The van der Waals surface area contributed by atoms with Crippen LogP contribution in [0.3, 0.4) is 0 Å². The Morgan fingerprint density at radius 1 is 1.09 bits per heavy atom. The Hall–Kier alpha value is -2.13. The van der Waals surface area contributed by atoms with Crippen LogP contribution in [0, 0.1) is 5.92 Å². The van der Waals surface area contributed by atoms with Crippen LogP contribution in [0.1, 0.15) is 23.7 Å². The molecule has 3 nitrogen and oxygen atoms in total. The number of Topliss-reactive ketones (excluding diaryl/α,β-unsaturated/α-hetero) is 1. The monoisotopic (exact) mass is 328 g/mol. The zero-order valence-electron chi connectivity index (χ0n) is 12.8. The normalized spacial score (nSPS) is 22.4. The van der Waals surface area contributed by atoms with Crippen molar-refractivity contribution in [3.05, 3.63) is 60.2 Å². The molecule has 0 radical (unpaired) electrons. The number of ketones is 1.